The summed E-state index contributed by atoms with van der Waals surface area (Å²) in [4.78, 5) is 1.37. The van der Waals surface area contributed by atoms with Gasteiger partial charge < -0.3 is 0 Å². The zero-order valence-corrected chi connectivity index (χ0v) is 18.1. The lowest BCUT2D eigenvalue weighted by molar-refractivity contribution is 1.46. The van der Waals surface area contributed by atoms with E-state index in [1.54, 1.807) is 0 Å². The van der Waals surface area contributed by atoms with Crippen molar-refractivity contribution in [2.45, 2.75) is 4.90 Å². The van der Waals surface area contributed by atoms with Crippen molar-refractivity contribution in [2.75, 3.05) is 0 Å². The van der Waals surface area contributed by atoms with Crippen LogP contribution in [0.1, 0.15) is 5.56 Å². The zero-order chi connectivity index (χ0) is 20.2. The van der Waals surface area contributed by atoms with Gasteiger partial charge in [0.1, 0.15) is 26.1 Å². The van der Waals surface area contributed by atoms with Crippen LogP contribution >= 0.6 is 10.8 Å². The van der Waals surface area contributed by atoms with Gasteiger partial charge in [-0.2, -0.15) is 0 Å². The van der Waals surface area contributed by atoms with E-state index in [-0.39, 0.29) is 9.93 Å². The van der Waals surface area contributed by atoms with Gasteiger partial charge in [-0.25, -0.2) is 0 Å². The summed E-state index contributed by atoms with van der Waals surface area (Å²) in [7, 11) is 1.96. The van der Waals surface area contributed by atoms with Crippen LogP contribution in [0.3, 0.4) is 0 Å². The van der Waals surface area contributed by atoms with Gasteiger partial charge in [0.2, 0.25) is 0 Å². The number of rotatable bonds is 4. The topological polar surface area (TPSA) is 0 Å². The van der Waals surface area contributed by atoms with Crippen LogP contribution in [-0.4, -0.2) is 0 Å². The molecule has 0 aliphatic carbocycles. The van der Waals surface area contributed by atoms with Crippen molar-refractivity contribution in [2.24, 2.45) is 0 Å². The van der Waals surface area contributed by atoms with Crippen molar-refractivity contribution in [3.63, 3.8) is 0 Å². The Balaban J connectivity index is 1.28. The van der Waals surface area contributed by atoms with Gasteiger partial charge in [0, 0.05) is 5.41 Å². The predicted octanol–water partition coefficient (Wildman–Crippen LogP) is 8.21. The molecule has 4 aromatic rings. The largest absolute Gasteiger partial charge is 0.173 e. The molecule has 0 amide bonds. The van der Waals surface area contributed by atoms with Gasteiger partial charge in [-0.3, -0.25) is 0 Å². The van der Waals surface area contributed by atoms with Crippen molar-refractivity contribution in [1.82, 2.24) is 0 Å². The van der Waals surface area contributed by atoms with Gasteiger partial charge in [-0.05, 0) is 63.7 Å². The molecule has 1 aliphatic rings. The number of allylic oxidation sites excluding steroid dienone is 2. The Morgan fingerprint density at radius 2 is 0.933 bits per heavy atom. The van der Waals surface area contributed by atoms with Crippen LogP contribution in [0.4, 0.5) is 0 Å². The number of benzene rings is 4. The number of hydrogen-bond acceptors (Lipinski definition) is 1. The van der Waals surface area contributed by atoms with Gasteiger partial charge in [0.25, 0.3) is 0 Å². The average molecular weight is 422 g/mol. The van der Waals surface area contributed by atoms with Gasteiger partial charge in [-0.1, -0.05) is 84.9 Å². The second kappa shape index (κ2) is 8.83. The first kappa shape index (κ1) is 19.0. The lowest BCUT2D eigenvalue weighted by Crippen LogP contribution is -1.96. The molecule has 0 N–H and O–H groups in total. The molecule has 0 bridgehead atoms. The second-order valence-corrected chi connectivity index (χ2v) is 10.5. The van der Waals surface area contributed by atoms with E-state index in [9.17, 15) is 0 Å². The first-order chi connectivity index (χ1) is 14.9. The Hall–Kier alpha value is -2.94. The molecule has 0 nitrogen and oxygen atoms in total. The maximum absolute atomic E-state index is 2.34. The molecule has 1 aliphatic heterocycles. The minimum absolute atomic E-state index is 0.0585. The molecule has 1 atom stereocenters. The fourth-order valence-electron chi connectivity index (χ4n) is 3.51. The maximum Gasteiger partial charge on any atom is 0.173 e. The maximum atomic E-state index is 2.34. The summed E-state index contributed by atoms with van der Waals surface area (Å²) < 4.78 is 0. The zero-order valence-electron chi connectivity index (χ0n) is 16.4. The minimum atomic E-state index is 0.0585. The van der Waals surface area contributed by atoms with E-state index in [1.807, 2.05) is 10.8 Å². The van der Waals surface area contributed by atoms with Crippen molar-refractivity contribution >= 4 is 26.3 Å². The van der Waals surface area contributed by atoms with Gasteiger partial charge in [0.15, 0.2) is 4.90 Å². The fraction of sp³-hybridized carbons (Fsp3) is 0. The molecule has 0 radical (unpaired) electrons. The Kier molecular flexibility index (Phi) is 5.60. The molecule has 0 fully saturated rings. The van der Waals surface area contributed by atoms with Crippen LogP contribution in [0.2, 0.25) is 0 Å². The molecule has 1 heterocycles. The first-order valence-corrected chi connectivity index (χ1v) is 12.7. The normalized spacial score (nSPS) is 15.6. The van der Waals surface area contributed by atoms with E-state index >= 15 is 0 Å². The molecular formula is C28H21S2+. The third-order valence-corrected chi connectivity index (χ3v) is 8.67. The molecule has 0 saturated carbocycles. The summed E-state index contributed by atoms with van der Waals surface area (Å²) in [6.45, 7) is 0. The van der Waals surface area contributed by atoms with Crippen LogP contribution in [0.25, 0.3) is 27.8 Å². The molecule has 0 saturated heterocycles. The van der Waals surface area contributed by atoms with Crippen molar-refractivity contribution in [3.8, 4) is 22.3 Å². The van der Waals surface area contributed by atoms with Crippen molar-refractivity contribution in [1.29, 1.82) is 0 Å². The molecule has 0 aromatic heterocycles. The highest BCUT2D eigenvalue weighted by molar-refractivity contribution is 8.76. The molecular weight excluding hydrogens is 400 g/mol. The Bertz CT molecular complexity index is 1170. The van der Waals surface area contributed by atoms with Crippen molar-refractivity contribution in [3.05, 3.63) is 132 Å². The highest BCUT2D eigenvalue weighted by Crippen LogP contribution is 2.37. The molecule has 1 unspecified atom stereocenters. The highest BCUT2D eigenvalue weighted by atomic mass is 33.1. The first-order valence-electron chi connectivity index (χ1n) is 9.97. The quantitative estimate of drug-likeness (QED) is 0.236. The van der Waals surface area contributed by atoms with Crippen LogP contribution in [0.15, 0.2) is 131 Å². The van der Waals surface area contributed by atoms with Crippen LogP contribution in [0, 0.1) is 0 Å². The van der Waals surface area contributed by atoms with E-state index in [1.165, 1.54) is 38.3 Å². The third kappa shape index (κ3) is 4.16. The lowest BCUT2D eigenvalue weighted by atomic mass is 10.0. The summed E-state index contributed by atoms with van der Waals surface area (Å²) in [5, 5.41) is 4.63. The van der Waals surface area contributed by atoms with Gasteiger partial charge >= 0.3 is 0 Å². The summed E-state index contributed by atoms with van der Waals surface area (Å²) in [5.41, 5.74) is 7.59. The van der Waals surface area contributed by atoms with E-state index in [0.717, 1.165) is 0 Å². The number of hydrogen-bond donors (Lipinski definition) is 0. The summed E-state index contributed by atoms with van der Waals surface area (Å²) in [6.07, 6.45) is 2.27. The molecule has 144 valence electrons. The molecule has 4 aromatic carbocycles. The van der Waals surface area contributed by atoms with E-state index in [2.05, 4.69) is 126 Å². The second-order valence-electron chi connectivity index (χ2n) is 7.10. The van der Waals surface area contributed by atoms with Gasteiger partial charge in [-0.15, -0.1) is 0 Å². The smallest absolute Gasteiger partial charge is 0.0622 e. The van der Waals surface area contributed by atoms with E-state index < -0.39 is 0 Å². The lowest BCUT2D eigenvalue weighted by Gasteiger charge is -2.09. The Morgan fingerprint density at radius 3 is 1.43 bits per heavy atom. The van der Waals surface area contributed by atoms with Crippen LogP contribution < -0.4 is 0 Å². The fourth-order valence-corrected chi connectivity index (χ4v) is 6.58. The average Bonchev–Trinajstić information content (AvgIpc) is 2.85. The third-order valence-electron chi connectivity index (χ3n) is 5.17. The monoisotopic (exact) mass is 421 g/mol. The van der Waals surface area contributed by atoms with E-state index in [4.69, 9.17) is 0 Å². The van der Waals surface area contributed by atoms with Crippen molar-refractivity contribution < 1.29 is 0 Å². The molecule has 0 spiro atoms. The molecule has 2 heteroatoms. The summed E-state index contributed by atoms with van der Waals surface area (Å²) in [6, 6.07) is 38.9. The highest BCUT2D eigenvalue weighted by Gasteiger charge is 2.24. The summed E-state index contributed by atoms with van der Waals surface area (Å²) >= 11 is 0. The van der Waals surface area contributed by atoms with Crippen LogP contribution in [0.5, 0.6) is 0 Å². The predicted molar refractivity (Wildman–Crippen MR) is 134 cm³/mol. The Labute approximate surface area is 184 Å². The Morgan fingerprint density at radius 1 is 0.467 bits per heavy atom. The molecule has 5 rings (SSSR count). The summed E-state index contributed by atoms with van der Waals surface area (Å²) in [5.74, 6) is 0. The van der Waals surface area contributed by atoms with Crippen LogP contribution in [-0.2, 0) is 9.93 Å². The van der Waals surface area contributed by atoms with Gasteiger partial charge in [0.05, 0.1) is 0 Å². The minimum Gasteiger partial charge on any atom is -0.0622 e. The standard InChI is InChI=1S/C28H21S2/c1-3-7-22(8-4-1)24-11-13-26(14-12-24)27-19-20-30(29-21-27)28-17-15-25(16-18-28)23-9-5-2-6-10-23/h1-21H/q+1. The molecule has 30 heavy (non-hydrogen) atoms. The SMILES string of the molecule is C1=C[S+](c2ccc(-c3ccccc3)cc2)SC=C1c1ccc(-c2ccccc2)cc1. The van der Waals surface area contributed by atoms with E-state index in [0.29, 0.717) is 0 Å².